The Bertz CT molecular complexity index is 691. The topological polar surface area (TPSA) is 69.6 Å². The largest absolute Gasteiger partial charge is 0.378 e. The van der Waals surface area contributed by atoms with E-state index in [0.717, 1.165) is 11.3 Å². The second-order valence-corrected chi connectivity index (χ2v) is 5.59. The molecule has 2 aromatic carbocycles. The van der Waals surface area contributed by atoms with Gasteiger partial charge in [-0.3, -0.25) is 14.8 Å². The van der Waals surface area contributed by atoms with Gasteiger partial charge < -0.3 is 4.90 Å². The number of nitrogens with zero attached hydrogens (tertiary/aromatic N) is 1. The van der Waals surface area contributed by atoms with E-state index in [-0.39, 0.29) is 11.7 Å². The van der Waals surface area contributed by atoms with Crippen molar-refractivity contribution in [1.29, 1.82) is 0 Å². The number of hydrogen-bond donors (Lipinski definition) is 2. The van der Waals surface area contributed by atoms with Gasteiger partial charge in [0, 0.05) is 36.8 Å². The Labute approximate surface area is 135 Å². The van der Waals surface area contributed by atoms with Crippen molar-refractivity contribution in [3.8, 4) is 0 Å². The molecule has 0 radical (unpaired) electrons. The third-order valence-corrected chi connectivity index (χ3v) is 3.84. The van der Waals surface area contributed by atoms with E-state index in [9.17, 15) is 9.59 Å². The predicted octanol–water partition coefficient (Wildman–Crippen LogP) is 2.86. The van der Waals surface area contributed by atoms with Crippen LogP contribution in [0.15, 0.2) is 48.5 Å². The molecule has 0 spiro atoms. The van der Waals surface area contributed by atoms with Crippen molar-refractivity contribution in [3.05, 3.63) is 65.2 Å². The molecule has 0 fully saturated rings. The molecule has 0 aliphatic heterocycles. The fraction of sp³-hybridized carbons (Fsp3) is 0.222. The smallest absolute Gasteiger partial charge is 0.274 e. The number of benzene rings is 2. The third-order valence-electron chi connectivity index (χ3n) is 3.84. The van der Waals surface area contributed by atoms with Gasteiger partial charge in [-0.1, -0.05) is 19.1 Å². The van der Waals surface area contributed by atoms with Crippen molar-refractivity contribution < 1.29 is 14.8 Å². The van der Waals surface area contributed by atoms with Crippen molar-refractivity contribution in [3.63, 3.8) is 0 Å². The van der Waals surface area contributed by atoms with Gasteiger partial charge in [0.1, 0.15) is 0 Å². The van der Waals surface area contributed by atoms with Crippen molar-refractivity contribution >= 4 is 17.4 Å². The fourth-order valence-electron chi connectivity index (χ4n) is 2.31. The quantitative estimate of drug-likeness (QED) is 0.506. The number of rotatable bonds is 5. The lowest BCUT2D eigenvalue weighted by Gasteiger charge is -2.14. The SMILES string of the molecule is CC(C(=O)c1ccc(N(C)C)cc1)c1ccc(C(=O)NO)cc1. The van der Waals surface area contributed by atoms with Gasteiger partial charge >= 0.3 is 0 Å². The summed E-state index contributed by atoms with van der Waals surface area (Å²) in [6.07, 6.45) is 0. The minimum atomic E-state index is -0.574. The van der Waals surface area contributed by atoms with Crippen LogP contribution in [0.25, 0.3) is 0 Å². The summed E-state index contributed by atoms with van der Waals surface area (Å²) in [6, 6.07) is 14.1. The van der Waals surface area contributed by atoms with E-state index in [0.29, 0.717) is 11.1 Å². The first-order valence-corrected chi connectivity index (χ1v) is 7.30. The Balaban J connectivity index is 2.17. The minimum absolute atomic E-state index is 0.0228. The van der Waals surface area contributed by atoms with Crippen LogP contribution in [0, 0.1) is 0 Å². The van der Waals surface area contributed by atoms with E-state index >= 15 is 0 Å². The number of nitrogens with one attached hydrogen (secondary N) is 1. The van der Waals surface area contributed by atoms with Crippen LogP contribution in [0.3, 0.4) is 0 Å². The summed E-state index contributed by atoms with van der Waals surface area (Å²) in [6.45, 7) is 1.84. The van der Waals surface area contributed by atoms with Crippen molar-refractivity contribution in [1.82, 2.24) is 5.48 Å². The van der Waals surface area contributed by atoms with Crippen LogP contribution >= 0.6 is 0 Å². The molecule has 1 atom stereocenters. The first-order chi connectivity index (χ1) is 10.9. The standard InChI is InChI=1S/C18H20N2O3/c1-12(13-4-6-15(7-5-13)18(22)19-23)17(21)14-8-10-16(11-9-14)20(2)3/h4-12,23H,1-3H3,(H,19,22). The lowest BCUT2D eigenvalue weighted by atomic mass is 9.91. The fourth-order valence-corrected chi connectivity index (χ4v) is 2.31. The Morgan fingerprint density at radius 3 is 1.96 bits per heavy atom. The highest BCUT2D eigenvalue weighted by molar-refractivity contribution is 6.01. The van der Waals surface area contributed by atoms with Gasteiger partial charge in [-0.15, -0.1) is 0 Å². The molecule has 2 rings (SSSR count). The number of Topliss-reactive ketones (excluding diaryl/α,β-unsaturated/α-hetero) is 1. The minimum Gasteiger partial charge on any atom is -0.378 e. The molecule has 5 heteroatoms. The second-order valence-electron chi connectivity index (χ2n) is 5.59. The first kappa shape index (κ1) is 16.7. The monoisotopic (exact) mass is 312 g/mol. The maximum atomic E-state index is 12.6. The molecule has 0 aromatic heterocycles. The van der Waals surface area contributed by atoms with Crippen LogP contribution in [0.5, 0.6) is 0 Å². The van der Waals surface area contributed by atoms with Gasteiger partial charge in [-0.25, -0.2) is 5.48 Å². The zero-order valence-corrected chi connectivity index (χ0v) is 13.4. The van der Waals surface area contributed by atoms with Gasteiger partial charge in [-0.2, -0.15) is 0 Å². The molecule has 2 N–H and O–H groups in total. The summed E-state index contributed by atoms with van der Waals surface area (Å²) in [7, 11) is 3.90. The molecule has 1 amide bonds. The number of ketones is 1. The number of anilines is 1. The van der Waals surface area contributed by atoms with Crippen molar-refractivity contribution in [2.24, 2.45) is 0 Å². The molecule has 0 aliphatic rings. The summed E-state index contributed by atoms with van der Waals surface area (Å²) in [5, 5.41) is 8.61. The van der Waals surface area contributed by atoms with Crippen LogP contribution in [-0.4, -0.2) is 31.0 Å². The predicted molar refractivity (Wildman–Crippen MR) is 89.2 cm³/mol. The average molecular weight is 312 g/mol. The average Bonchev–Trinajstić information content (AvgIpc) is 2.60. The van der Waals surface area contributed by atoms with E-state index in [1.807, 2.05) is 50.2 Å². The van der Waals surface area contributed by atoms with Gasteiger partial charge in [-0.05, 0) is 42.0 Å². The zero-order valence-electron chi connectivity index (χ0n) is 13.4. The first-order valence-electron chi connectivity index (χ1n) is 7.30. The molecule has 5 nitrogen and oxygen atoms in total. The van der Waals surface area contributed by atoms with Crippen LogP contribution in [0.4, 0.5) is 5.69 Å². The third kappa shape index (κ3) is 3.76. The Kier molecular flexibility index (Phi) is 5.13. The highest BCUT2D eigenvalue weighted by Crippen LogP contribution is 2.22. The normalized spacial score (nSPS) is 11.7. The molecular weight excluding hydrogens is 292 g/mol. The number of amides is 1. The molecule has 0 aliphatic carbocycles. The molecule has 0 bridgehead atoms. The molecule has 2 aromatic rings. The molecule has 120 valence electrons. The number of hydroxylamine groups is 1. The summed E-state index contributed by atoms with van der Waals surface area (Å²) < 4.78 is 0. The highest BCUT2D eigenvalue weighted by Gasteiger charge is 2.17. The highest BCUT2D eigenvalue weighted by atomic mass is 16.5. The molecule has 1 unspecified atom stereocenters. The van der Waals surface area contributed by atoms with E-state index < -0.39 is 5.91 Å². The van der Waals surface area contributed by atoms with Crippen LogP contribution in [0.2, 0.25) is 0 Å². The van der Waals surface area contributed by atoms with Crippen molar-refractivity contribution in [2.75, 3.05) is 19.0 Å². The van der Waals surface area contributed by atoms with E-state index in [1.54, 1.807) is 29.7 Å². The second kappa shape index (κ2) is 7.07. The van der Waals surface area contributed by atoms with Crippen molar-refractivity contribution in [2.45, 2.75) is 12.8 Å². The zero-order chi connectivity index (χ0) is 17.0. The molecular formula is C18H20N2O3. The van der Waals surface area contributed by atoms with Crippen LogP contribution in [-0.2, 0) is 0 Å². The summed E-state index contributed by atoms with van der Waals surface area (Å²) in [5.74, 6) is -0.865. The van der Waals surface area contributed by atoms with Gasteiger partial charge in [0.25, 0.3) is 5.91 Å². The van der Waals surface area contributed by atoms with Gasteiger partial charge in [0.2, 0.25) is 0 Å². The molecule has 0 saturated carbocycles. The summed E-state index contributed by atoms with van der Waals surface area (Å²) in [5.41, 5.74) is 4.43. The van der Waals surface area contributed by atoms with Gasteiger partial charge in [0.05, 0.1) is 0 Å². The molecule has 23 heavy (non-hydrogen) atoms. The van der Waals surface area contributed by atoms with Gasteiger partial charge in [0.15, 0.2) is 5.78 Å². The Morgan fingerprint density at radius 1 is 0.957 bits per heavy atom. The van der Waals surface area contributed by atoms with Crippen LogP contribution in [0.1, 0.15) is 39.1 Å². The Morgan fingerprint density at radius 2 is 1.48 bits per heavy atom. The molecule has 0 heterocycles. The van der Waals surface area contributed by atoms with Crippen LogP contribution < -0.4 is 10.4 Å². The molecule has 0 saturated heterocycles. The maximum Gasteiger partial charge on any atom is 0.274 e. The maximum absolute atomic E-state index is 12.6. The lowest BCUT2D eigenvalue weighted by Crippen LogP contribution is -2.18. The summed E-state index contributed by atoms with van der Waals surface area (Å²) in [4.78, 5) is 25.8. The Hall–Kier alpha value is -2.66. The van der Waals surface area contributed by atoms with E-state index in [2.05, 4.69) is 0 Å². The van der Waals surface area contributed by atoms with E-state index in [4.69, 9.17) is 5.21 Å². The number of hydrogen-bond acceptors (Lipinski definition) is 4. The summed E-state index contributed by atoms with van der Waals surface area (Å²) >= 11 is 0. The number of carbonyl (C=O) groups excluding carboxylic acids is 2. The van der Waals surface area contributed by atoms with E-state index in [1.165, 1.54) is 0 Å². The number of carbonyl (C=O) groups is 2. The lowest BCUT2D eigenvalue weighted by molar-refractivity contribution is 0.0706.